The van der Waals surface area contributed by atoms with Crippen LogP contribution in [-0.2, 0) is 9.59 Å². The van der Waals surface area contributed by atoms with E-state index in [1.165, 1.54) is 6.42 Å². The van der Waals surface area contributed by atoms with Crippen molar-refractivity contribution in [2.24, 2.45) is 17.6 Å². The standard InChI is InChI=1S/C17H32N4O2.2ClH/c1-13-8-14(2)11-21(10-13)17(23)12-19-4-6-20(7-5-19)16(22)9-15(3)18;;/h13-15H,4-12,18H2,1-3H3;2*1H. The predicted molar refractivity (Wildman–Crippen MR) is 105 cm³/mol. The fourth-order valence-corrected chi connectivity index (χ4v) is 3.72. The molecule has 25 heavy (non-hydrogen) atoms. The van der Waals surface area contributed by atoms with E-state index in [4.69, 9.17) is 5.73 Å². The van der Waals surface area contributed by atoms with Crippen molar-refractivity contribution in [3.05, 3.63) is 0 Å². The second-order valence-corrected chi connectivity index (χ2v) is 7.58. The quantitative estimate of drug-likeness (QED) is 0.775. The normalized spacial score (nSPS) is 25.6. The molecule has 2 saturated heterocycles. The van der Waals surface area contributed by atoms with Crippen LogP contribution in [0.3, 0.4) is 0 Å². The van der Waals surface area contributed by atoms with Gasteiger partial charge in [0.05, 0.1) is 6.54 Å². The minimum Gasteiger partial charge on any atom is -0.341 e. The molecule has 0 bridgehead atoms. The lowest BCUT2D eigenvalue weighted by Crippen LogP contribution is -2.53. The SMILES string of the molecule is CC(N)CC(=O)N1CCN(CC(=O)N2CC(C)CC(C)C2)CC1.Cl.Cl. The van der Waals surface area contributed by atoms with Crippen LogP contribution in [0, 0.1) is 11.8 Å². The molecule has 0 aromatic rings. The third-order valence-electron chi connectivity index (χ3n) is 4.80. The van der Waals surface area contributed by atoms with E-state index in [0.29, 0.717) is 37.9 Å². The number of hydrogen-bond acceptors (Lipinski definition) is 4. The van der Waals surface area contributed by atoms with Crippen LogP contribution >= 0.6 is 24.8 Å². The van der Waals surface area contributed by atoms with E-state index in [9.17, 15) is 9.59 Å². The van der Waals surface area contributed by atoms with Gasteiger partial charge in [0.1, 0.15) is 0 Å². The molecule has 0 radical (unpaired) electrons. The van der Waals surface area contributed by atoms with Crippen molar-refractivity contribution in [1.29, 1.82) is 0 Å². The molecule has 0 saturated carbocycles. The molecule has 0 spiro atoms. The predicted octanol–water partition coefficient (Wildman–Crippen LogP) is 1.22. The zero-order valence-corrected chi connectivity index (χ0v) is 17.3. The molecule has 0 aromatic heterocycles. The van der Waals surface area contributed by atoms with Gasteiger partial charge >= 0.3 is 0 Å². The summed E-state index contributed by atoms with van der Waals surface area (Å²) in [5.41, 5.74) is 5.69. The van der Waals surface area contributed by atoms with Gasteiger partial charge in [-0.15, -0.1) is 24.8 Å². The lowest BCUT2D eigenvalue weighted by Gasteiger charge is -2.38. The van der Waals surface area contributed by atoms with Gasteiger partial charge in [-0.2, -0.15) is 0 Å². The van der Waals surface area contributed by atoms with Crippen molar-refractivity contribution < 1.29 is 9.59 Å². The summed E-state index contributed by atoms with van der Waals surface area (Å²) in [7, 11) is 0. The molecule has 2 rings (SSSR count). The average Bonchev–Trinajstić information content (AvgIpc) is 2.46. The first-order valence-electron chi connectivity index (χ1n) is 8.88. The van der Waals surface area contributed by atoms with Crippen LogP contribution in [0.5, 0.6) is 0 Å². The van der Waals surface area contributed by atoms with Crippen molar-refractivity contribution in [2.75, 3.05) is 45.8 Å². The Labute approximate surface area is 164 Å². The summed E-state index contributed by atoms with van der Waals surface area (Å²) < 4.78 is 0. The van der Waals surface area contributed by atoms with Crippen molar-refractivity contribution in [3.8, 4) is 0 Å². The average molecular weight is 397 g/mol. The van der Waals surface area contributed by atoms with Crippen molar-refractivity contribution >= 4 is 36.6 Å². The minimum atomic E-state index is -0.0924. The summed E-state index contributed by atoms with van der Waals surface area (Å²) in [5, 5.41) is 0. The monoisotopic (exact) mass is 396 g/mol. The van der Waals surface area contributed by atoms with Gasteiger partial charge in [0.15, 0.2) is 0 Å². The van der Waals surface area contributed by atoms with Gasteiger partial charge in [-0.3, -0.25) is 14.5 Å². The Balaban J connectivity index is 0.00000288. The van der Waals surface area contributed by atoms with Crippen LogP contribution in [0.25, 0.3) is 0 Å². The molecule has 148 valence electrons. The van der Waals surface area contributed by atoms with Crippen LogP contribution in [-0.4, -0.2) is 78.4 Å². The molecule has 0 aromatic carbocycles. The second kappa shape index (κ2) is 11.2. The number of rotatable bonds is 4. The van der Waals surface area contributed by atoms with E-state index in [0.717, 1.165) is 26.2 Å². The fraction of sp³-hybridized carbons (Fsp3) is 0.882. The molecule has 6 nitrogen and oxygen atoms in total. The fourth-order valence-electron chi connectivity index (χ4n) is 3.72. The highest BCUT2D eigenvalue weighted by Gasteiger charge is 2.28. The third kappa shape index (κ3) is 7.69. The number of carbonyl (C=O) groups is 2. The second-order valence-electron chi connectivity index (χ2n) is 7.58. The Kier molecular flexibility index (Phi) is 11.0. The van der Waals surface area contributed by atoms with Gasteiger partial charge in [0.2, 0.25) is 11.8 Å². The Morgan fingerprint density at radius 2 is 1.48 bits per heavy atom. The molecular weight excluding hydrogens is 363 g/mol. The van der Waals surface area contributed by atoms with Crippen LogP contribution < -0.4 is 5.73 Å². The van der Waals surface area contributed by atoms with E-state index in [-0.39, 0.29) is 42.7 Å². The van der Waals surface area contributed by atoms with E-state index in [1.54, 1.807) is 0 Å². The molecule has 3 unspecified atom stereocenters. The molecule has 0 aliphatic carbocycles. The summed E-state index contributed by atoms with van der Waals surface area (Å²) in [6.07, 6.45) is 1.62. The van der Waals surface area contributed by atoms with Crippen molar-refractivity contribution in [1.82, 2.24) is 14.7 Å². The Morgan fingerprint density at radius 1 is 0.960 bits per heavy atom. The van der Waals surface area contributed by atoms with Crippen LogP contribution in [0.1, 0.15) is 33.6 Å². The smallest absolute Gasteiger partial charge is 0.236 e. The molecule has 2 N–H and O–H groups in total. The number of piperazine rings is 1. The van der Waals surface area contributed by atoms with E-state index in [1.807, 2.05) is 16.7 Å². The number of nitrogens with two attached hydrogens (primary N) is 1. The lowest BCUT2D eigenvalue weighted by molar-refractivity contribution is -0.137. The highest BCUT2D eigenvalue weighted by molar-refractivity contribution is 5.85. The first-order chi connectivity index (χ1) is 10.8. The molecule has 2 amide bonds. The zero-order chi connectivity index (χ0) is 17.0. The van der Waals surface area contributed by atoms with Gasteiger partial charge in [0, 0.05) is 51.7 Å². The van der Waals surface area contributed by atoms with Crippen molar-refractivity contribution in [2.45, 2.75) is 39.7 Å². The third-order valence-corrected chi connectivity index (χ3v) is 4.80. The highest BCUT2D eigenvalue weighted by Crippen LogP contribution is 2.21. The number of amides is 2. The molecule has 3 atom stereocenters. The maximum absolute atomic E-state index is 12.5. The van der Waals surface area contributed by atoms with Crippen LogP contribution in [0.15, 0.2) is 0 Å². The summed E-state index contributed by atoms with van der Waals surface area (Å²) in [4.78, 5) is 30.6. The maximum Gasteiger partial charge on any atom is 0.236 e. The first kappa shape index (κ1) is 24.4. The molecular formula is C17H34Cl2N4O2. The molecule has 2 aliphatic heterocycles. The Hall–Kier alpha value is -0.560. The van der Waals surface area contributed by atoms with E-state index in [2.05, 4.69) is 18.7 Å². The van der Waals surface area contributed by atoms with Gasteiger partial charge in [-0.05, 0) is 25.2 Å². The van der Waals surface area contributed by atoms with Gasteiger partial charge in [-0.25, -0.2) is 0 Å². The van der Waals surface area contributed by atoms with E-state index < -0.39 is 0 Å². The lowest BCUT2D eigenvalue weighted by atomic mass is 9.92. The zero-order valence-electron chi connectivity index (χ0n) is 15.6. The molecule has 8 heteroatoms. The molecule has 2 heterocycles. The number of hydrogen-bond donors (Lipinski definition) is 1. The Bertz CT molecular complexity index is 419. The van der Waals surface area contributed by atoms with Crippen LogP contribution in [0.4, 0.5) is 0 Å². The largest absolute Gasteiger partial charge is 0.341 e. The topological polar surface area (TPSA) is 69.9 Å². The molecule has 2 aliphatic rings. The number of likely N-dealkylation sites (tertiary alicyclic amines) is 1. The van der Waals surface area contributed by atoms with Gasteiger partial charge < -0.3 is 15.5 Å². The highest BCUT2D eigenvalue weighted by atomic mass is 35.5. The van der Waals surface area contributed by atoms with Gasteiger partial charge in [-0.1, -0.05) is 13.8 Å². The maximum atomic E-state index is 12.5. The first-order valence-corrected chi connectivity index (χ1v) is 8.88. The van der Waals surface area contributed by atoms with Crippen LogP contribution in [0.2, 0.25) is 0 Å². The summed E-state index contributed by atoms with van der Waals surface area (Å²) in [6.45, 7) is 11.5. The number of carbonyl (C=O) groups excluding carboxylic acids is 2. The summed E-state index contributed by atoms with van der Waals surface area (Å²) in [6, 6.07) is -0.0924. The summed E-state index contributed by atoms with van der Waals surface area (Å²) >= 11 is 0. The van der Waals surface area contributed by atoms with Gasteiger partial charge in [0.25, 0.3) is 0 Å². The number of nitrogens with zero attached hydrogens (tertiary/aromatic N) is 3. The minimum absolute atomic E-state index is 0. The number of piperidine rings is 1. The van der Waals surface area contributed by atoms with E-state index >= 15 is 0 Å². The Morgan fingerprint density at radius 3 is 1.96 bits per heavy atom. The summed E-state index contributed by atoms with van der Waals surface area (Å²) in [5.74, 6) is 1.55. The molecule has 2 fully saturated rings. The number of halogens is 2. The van der Waals surface area contributed by atoms with Crippen molar-refractivity contribution in [3.63, 3.8) is 0 Å².